The molecule has 0 atom stereocenters. The van der Waals surface area contributed by atoms with Crippen LogP contribution in [0.25, 0.3) is 0 Å². The SMILES string of the molecule is CC.CC.CC(C)N1CCCS1(=O)=O. The Labute approximate surface area is 89.6 Å². The van der Waals surface area contributed by atoms with Crippen LogP contribution in [0.1, 0.15) is 48.0 Å². The molecule has 0 N–H and O–H groups in total. The van der Waals surface area contributed by atoms with Crippen molar-refractivity contribution in [1.29, 1.82) is 0 Å². The normalized spacial score (nSPS) is 19.4. The first-order valence-corrected chi connectivity index (χ1v) is 7.14. The van der Waals surface area contributed by atoms with Gasteiger partial charge < -0.3 is 0 Å². The van der Waals surface area contributed by atoms with Gasteiger partial charge in [-0.05, 0) is 20.3 Å². The van der Waals surface area contributed by atoms with Gasteiger partial charge in [-0.3, -0.25) is 0 Å². The average Bonchev–Trinajstić information content (AvgIpc) is 2.52. The highest BCUT2D eigenvalue weighted by molar-refractivity contribution is 7.89. The van der Waals surface area contributed by atoms with Gasteiger partial charge in [0.1, 0.15) is 0 Å². The third-order valence-electron chi connectivity index (χ3n) is 1.71. The summed E-state index contributed by atoms with van der Waals surface area (Å²) in [5.74, 6) is 0.338. The van der Waals surface area contributed by atoms with Gasteiger partial charge in [0.15, 0.2) is 0 Å². The summed E-state index contributed by atoms with van der Waals surface area (Å²) < 4.78 is 23.8. The van der Waals surface area contributed by atoms with Crippen LogP contribution in [0.2, 0.25) is 0 Å². The Morgan fingerprint density at radius 2 is 1.50 bits per heavy atom. The zero-order valence-electron chi connectivity index (χ0n) is 10.4. The summed E-state index contributed by atoms with van der Waals surface area (Å²) in [5.41, 5.74) is 0. The molecule has 1 fully saturated rings. The molecular weight excluding hydrogens is 198 g/mol. The van der Waals surface area contributed by atoms with Crippen molar-refractivity contribution in [1.82, 2.24) is 4.31 Å². The fraction of sp³-hybridized carbons (Fsp3) is 1.00. The maximum Gasteiger partial charge on any atom is 0.214 e. The van der Waals surface area contributed by atoms with Crippen LogP contribution < -0.4 is 0 Å². The van der Waals surface area contributed by atoms with E-state index in [0.717, 1.165) is 6.42 Å². The highest BCUT2D eigenvalue weighted by Crippen LogP contribution is 2.15. The second-order valence-corrected chi connectivity index (χ2v) is 4.92. The highest BCUT2D eigenvalue weighted by atomic mass is 32.2. The minimum atomic E-state index is -2.85. The predicted molar refractivity (Wildman–Crippen MR) is 62.9 cm³/mol. The van der Waals surface area contributed by atoms with Crippen LogP contribution in [0.4, 0.5) is 0 Å². The Balaban J connectivity index is 0. The Morgan fingerprint density at radius 1 is 1.07 bits per heavy atom. The first-order chi connectivity index (χ1) is 6.54. The highest BCUT2D eigenvalue weighted by Gasteiger charge is 2.29. The number of rotatable bonds is 1. The Hall–Kier alpha value is -0.0900. The smallest absolute Gasteiger partial charge is 0.212 e. The Bertz CT molecular complexity index is 210. The van der Waals surface area contributed by atoms with Gasteiger partial charge in [0, 0.05) is 12.6 Å². The molecule has 4 heteroatoms. The minimum Gasteiger partial charge on any atom is -0.212 e. The zero-order valence-corrected chi connectivity index (χ0v) is 11.2. The lowest BCUT2D eigenvalue weighted by atomic mass is 10.4. The van der Waals surface area contributed by atoms with Crippen molar-refractivity contribution >= 4 is 10.0 Å². The molecule has 0 aromatic heterocycles. The summed E-state index contributed by atoms with van der Waals surface area (Å²) in [6.07, 6.45) is 0.792. The zero-order chi connectivity index (χ0) is 11.8. The second kappa shape index (κ2) is 8.24. The van der Waals surface area contributed by atoms with E-state index in [4.69, 9.17) is 0 Å². The van der Waals surface area contributed by atoms with Crippen molar-refractivity contribution in [2.75, 3.05) is 12.3 Å². The predicted octanol–water partition coefficient (Wildman–Crippen LogP) is 2.48. The fourth-order valence-corrected chi connectivity index (χ4v) is 3.02. The molecule has 88 valence electrons. The van der Waals surface area contributed by atoms with Gasteiger partial charge in [0.05, 0.1) is 5.75 Å². The Morgan fingerprint density at radius 3 is 1.64 bits per heavy atom. The molecule has 1 aliphatic rings. The molecule has 1 saturated heterocycles. The van der Waals surface area contributed by atoms with E-state index in [-0.39, 0.29) is 6.04 Å². The summed E-state index contributed by atoms with van der Waals surface area (Å²) in [6, 6.07) is 0.132. The summed E-state index contributed by atoms with van der Waals surface area (Å²) in [5, 5.41) is 0. The molecule has 0 aromatic rings. The molecule has 1 aliphatic heterocycles. The van der Waals surface area contributed by atoms with E-state index in [1.54, 1.807) is 4.31 Å². The molecule has 0 saturated carbocycles. The van der Waals surface area contributed by atoms with Crippen LogP contribution in [-0.2, 0) is 10.0 Å². The molecule has 3 nitrogen and oxygen atoms in total. The topological polar surface area (TPSA) is 37.4 Å². The van der Waals surface area contributed by atoms with Crippen molar-refractivity contribution in [3.63, 3.8) is 0 Å². The van der Waals surface area contributed by atoms with Gasteiger partial charge in [0.2, 0.25) is 10.0 Å². The van der Waals surface area contributed by atoms with Gasteiger partial charge in [-0.15, -0.1) is 0 Å². The lowest BCUT2D eigenvalue weighted by Crippen LogP contribution is -2.32. The molecular formula is C10H25NO2S. The largest absolute Gasteiger partial charge is 0.214 e. The molecule has 0 aromatic carbocycles. The minimum absolute atomic E-state index is 0.132. The first-order valence-electron chi connectivity index (χ1n) is 5.53. The van der Waals surface area contributed by atoms with E-state index < -0.39 is 10.0 Å². The third kappa shape index (κ3) is 4.96. The molecule has 1 heterocycles. The van der Waals surface area contributed by atoms with Crippen molar-refractivity contribution in [3.8, 4) is 0 Å². The molecule has 0 radical (unpaired) electrons. The molecule has 0 aliphatic carbocycles. The molecule has 14 heavy (non-hydrogen) atoms. The molecule has 0 unspecified atom stereocenters. The lowest BCUT2D eigenvalue weighted by molar-refractivity contribution is 0.381. The van der Waals surface area contributed by atoms with Crippen molar-refractivity contribution in [2.45, 2.75) is 54.0 Å². The van der Waals surface area contributed by atoms with Gasteiger partial charge >= 0.3 is 0 Å². The van der Waals surface area contributed by atoms with Crippen molar-refractivity contribution in [3.05, 3.63) is 0 Å². The summed E-state index contributed by atoms with van der Waals surface area (Å²) in [4.78, 5) is 0. The van der Waals surface area contributed by atoms with E-state index in [0.29, 0.717) is 12.3 Å². The standard InChI is InChI=1S/C6H13NO2S.2C2H6/c1-6(2)7-4-3-5-10(7,8)9;2*1-2/h6H,3-5H2,1-2H3;2*1-2H3. The third-order valence-corrected chi connectivity index (χ3v) is 3.84. The van der Waals surface area contributed by atoms with E-state index >= 15 is 0 Å². The van der Waals surface area contributed by atoms with E-state index in [9.17, 15) is 8.42 Å². The quantitative estimate of drug-likeness (QED) is 0.685. The van der Waals surface area contributed by atoms with Crippen LogP contribution in [0.15, 0.2) is 0 Å². The van der Waals surface area contributed by atoms with E-state index in [1.807, 2.05) is 41.5 Å². The summed E-state index contributed by atoms with van der Waals surface area (Å²) in [7, 11) is -2.85. The van der Waals surface area contributed by atoms with E-state index in [1.165, 1.54) is 0 Å². The molecule has 1 rings (SSSR count). The van der Waals surface area contributed by atoms with Crippen LogP contribution in [0, 0.1) is 0 Å². The van der Waals surface area contributed by atoms with Gasteiger partial charge in [-0.2, -0.15) is 4.31 Å². The van der Waals surface area contributed by atoms with Crippen LogP contribution in [0.5, 0.6) is 0 Å². The number of hydrogen-bond donors (Lipinski definition) is 0. The maximum atomic E-state index is 11.1. The van der Waals surface area contributed by atoms with Gasteiger partial charge in [0.25, 0.3) is 0 Å². The number of nitrogens with zero attached hydrogens (tertiary/aromatic N) is 1. The fourth-order valence-electron chi connectivity index (χ4n) is 1.24. The molecule has 0 amide bonds. The molecule has 0 bridgehead atoms. The monoisotopic (exact) mass is 223 g/mol. The lowest BCUT2D eigenvalue weighted by Gasteiger charge is -2.17. The number of hydrogen-bond acceptors (Lipinski definition) is 2. The van der Waals surface area contributed by atoms with Gasteiger partial charge in [-0.1, -0.05) is 27.7 Å². The van der Waals surface area contributed by atoms with Crippen LogP contribution in [0.3, 0.4) is 0 Å². The van der Waals surface area contributed by atoms with Crippen molar-refractivity contribution < 1.29 is 8.42 Å². The van der Waals surface area contributed by atoms with Crippen LogP contribution >= 0.6 is 0 Å². The van der Waals surface area contributed by atoms with Crippen LogP contribution in [-0.4, -0.2) is 31.1 Å². The summed E-state index contributed by atoms with van der Waals surface area (Å²) >= 11 is 0. The average molecular weight is 223 g/mol. The van der Waals surface area contributed by atoms with E-state index in [2.05, 4.69) is 0 Å². The molecule has 0 spiro atoms. The number of sulfonamides is 1. The Kier molecular flexibility index (Phi) is 9.62. The maximum absolute atomic E-state index is 11.1. The summed E-state index contributed by atoms with van der Waals surface area (Å²) in [6.45, 7) is 12.5. The van der Waals surface area contributed by atoms with Gasteiger partial charge in [-0.25, -0.2) is 8.42 Å². The second-order valence-electron chi connectivity index (χ2n) is 2.87. The first kappa shape index (κ1) is 16.3. The van der Waals surface area contributed by atoms with Crippen molar-refractivity contribution in [2.24, 2.45) is 0 Å².